The average molecular weight is 480 g/mol. The molecule has 3 aromatic heterocycles. The van der Waals surface area contributed by atoms with Gasteiger partial charge in [0.05, 0.1) is 34.5 Å². The quantitative estimate of drug-likeness (QED) is 0.398. The van der Waals surface area contributed by atoms with E-state index in [4.69, 9.17) is 19.7 Å². The summed E-state index contributed by atoms with van der Waals surface area (Å²) in [6, 6.07) is 8.99. The van der Waals surface area contributed by atoms with Crippen molar-refractivity contribution in [2.45, 2.75) is 20.5 Å². The lowest BCUT2D eigenvalue weighted by Crippen LogP contribution is -2.11. The summed E-state index contributed by atoms with van der Waals surface area (Å²) in [4.78, 5) is 29.9. The van der Waals surface area contributed by atoms with Crippen LogP contribution in [0.25, 0.3) is 22.4 Å². The number of anilines is 1. The van der Waals surface area contributed by atoms with Gasteiger partial charge in [0, 0.05) is 11.1 Å². The van der Waals surface area contributed by atoms with Crippen LogP contribution in [0.5, 0.6) is 0 Å². The molecule has 3 heterocycles. The summed E-state index contributed by atoms with van der Waals surface area (Å²) in [6.07, 6.45) is 0. The molecule has 0 aliphatic carbocycles. The largest absolute Gasteiger partial charge is 0.462 e. The molecule has 11 heteroatoms. The first-order chi connectivity index (χ1) is 16.3. The number of nitrogen functional groups attached to an aromatic ring is 1. The molecule has 1 aromatic carbocycles. The van der Waals surface area contributed by atoms with Gasteiger partial charge in [0.15, 0.2) is 0 Å². The topological polar surface area (TPSA) is 141 Å². The molecular weight excluding hydrogens is 463 g/mol. The Morgan fingerprint density at radius 2 is 1.97 bits per heavy atom. The summed E-state index contributed by atoms with van der Waals surface area (Å²) in [5.74, 6) is -1.84. The first kappa shape index (κ1) is 22.9. The average Bonchev–Trinajstić information content (AvgIpc) is 3.36. The summed E-state index contributed by atoms with van der Waals surface area (Å²) in [5.41, 5.74) is 7.63. The van der Waals surface area contributed by atoms with Crippen molar-refractivity contribution >= 4 is 39.4 Å². The number of nitrogens with two attached hydrogens (primary N) is 1. The highest BCUT2D eigenvalue weighted by atomic mass is 32.1. The van der Waals surface area contributed by atoms with E-state index >= 15 is 0 Å². The number of carbonyl (C=O) groups excluding carboxylic acids is 2. The predicted octanol–water partition coefficient (Wildman–Crippen LogP) is 4.39. The van der Waals surface area contributed by atoms with Crippen LogP contribution in [-0.2, 0) is 16.1 Å². The molecule has 0 unspecified atom stereocenters. The molecule has 0 aliphatic heterocycles. The number of nitrogens with zero attached hydrogens (tertiary/aromatic N) is 3. The molecule has 0 amide bonds. The van der Waals surface area contributed by atoms with E-state index in [2.05, 4.69) is 10.1 Å². The number of hydrogen-bond acceptors (Lipinski definition) is 10. The van der Waals surface area contributed by atoms with Crippen molar-refractivity contribution in [2.75, 3.05) is 12.3 Å². The Balaban J connectivity index is 1.71. The van der Waals surface area contributed by atoms with Crippen LogP contribution in [-0.4, -0.2) is 28.7 Å². The molecule has 0 atom stereocenters. The molecular formula is C23H17FN4O5S. The van der Waals surface area contributed by atoms with Crippen LogP contribution >= 0.6 is 11.3 Å². The second-order valence-electron chi connectivity index (χ2n) is 7.07. The molecule has 4 aromatic rings. The van der Waals surface area contributed by atoms with Crippen LogP contribution in [0.4, 0.5) is 9.39 Å². The molecule has 0 radical (unpaired) electrons. The van der Waals surface area contributed by atoms with Gasteiger partial charge >= 0.3 is 11.9 Å². The maximum atomic E-state index is 13.3. The van der Waals surface area contributed by atoms with Crippen LogP contribution in [0.15, 0.2) is 34.9 Å². The first-order valence-electron chi connectivity index (χ1n) is 10.0. The number of carbonyl (C=O) groups is 2. The third-order valence-electron chi connectivity index (χ3n) is 4.93. The van der Waals surface area contributed by atoms with Crippen LogP contribution in [0, 0.1) is 24.1 Å². The smallest absolute Gasteiger partial charge is 0.348 e. The lowest BCUT2D eigenvalue weighted by atomic mass is 10.1. The molecule has 9 nitrogen and oxygen atoms in total. The molecule has 2 N–H and O–H groups in total. The van der Waals surface area contributed by atoms with Crippen LogP contribution in [0.1, 0.15) is 43.8 Å². The van der Waals surface area contributed by atoms with Crippen molar-refractivity contribution in [1.29, 1.82) is 5.26 Å². The molecule has 0 saturated heterocycles. The number of fused-ring (bicyclic) bond motifs is 1. The molecule has 0 aliphatic rings. The highest BCUT2D eigenvalue weighted by Crippen LogP contribution is 2.33. The van der Waals surface area contributed by atoms with Gasteiger partial charge in [-0.05, 0) is 44.2 Å². The minimum absolute atomic E-state index is 0.0499. The summed E-state index contributed by atoms with van der Waals surface area (Å²) < 4.78 is 29.1. The fourth-order valence-electron chi connectivity index (χ4n) is 3.35. The van der Waals surface area contributed by atoms with Gasteiger partial charge in [-0.1, -0.05) is 5.16 Å². The van der Waals surface area contributed by atoms with E-state index in [9.17, 15) is 19.2 Å². The zero-order valence-electron chi connectivity index (χ0n) is 18.0. The van der Waals surface area contributed by atoms with E-state index in [1.165, 1.54) is 30.3 Å². The van der Waals surface area contributed by atoms with Crippen molar-refractivity contribution < 1.29 is 28.0 Å². The molecule has 0 saturated carbocycles. The van der Waals surface area contributed by atoms with Gasteiger partial charge < -0.3 is 19.7 Å². The third-order valence-corrected chi connectivity index (χ3v) is 5.97. The zero-order chi connectivity index (χ0) is 24.4. The van der Waals surface area contributed by atoms with Gasteiger partial charge in [-0.2, -0.15) is 5.26 Å². The van der Waals surface area contributed by atoms with Crippen molar-refractivity contribution in [3.05, 3.63) is 63.4 Å². The summed E-state index contributed by atoms with van der Waals surface area (Å²) in [7, 11) is 0. The van der Waals surface area contributed by atoms with Gasteiger partial charge in [-0.3, -0.25) is 0 Å². The maximum absolute atomic E-state index is 13.3. The van der Waals surface area contributed by atoms with E-state index in [0.29, 0.717) is 22.3 Å². The number of esters is 2. The summed E-state index contributed by atoms with van der Waals surface area (Å²) >= 11 is 0.892. The van der Waals surface area contributed by atoms with Crippen molar-refractivity contribution in [3.63, 3.8) is 0 Å². The lowest BCUT2D eigenvalue weighted by Gasteiger charge is -2.09. The SMILES string of the molecule is CCOC(=O)c1sc(N)c(C#N)c1COC(=O)c1cc(-c2ccc(F)cc2)nc2onc(C)c12. The number of nitriles is 1. The number of pyridine rings is 1. The number of thiophene rings is 1. The number of aryl methyl sites for hydroxylation is 1. The van der Waals surface area contributed by atoms with Gasteiger partial charge in [0.2, 0.25) is 0 Å². The molecule has 0 bridgehead atoms. The summed E-state index contributed by atoms with van der Waals surface area (Å²) in [5, 5.41) is 13.8. The highest BCUT2D eigenvalue weighted by molar-refractivity contribution is 7.18. The van der Waals surface area contributed by atoms with E-state index < -0.39 is 17.8 Å². The van der Waals surface area contributed by atoms with Crippen LogP contribution in [0.2, 0.25) is 0 Å². The fraction of sp³-hybridized carbons (Fsp3) is 0.174. The number of aromatic nitrogens is 2. The molecule has 172 valence electrons. The lowest BCUT2D eigenvalue weighted by molar-refractivity contribution is 0.0454. The number of hydrogen-bond donors (Lipinski definition) is 1. The second kappa shape index (κ2) is 9.29. The Morgan fingerprint density at radius 3 is 2.65 bits per heavy atom. The van der Waals surface area contributed by atoms with Crippen LogP contribution < -0.4 is 5.73 Å². The maximum Gasteiger partial charge on any atom is 0.348 e. The predicted molar refractivity (Wildman–Crippen MR) is 120 cm³/mol. The Labute approximate surface area is 196 Å². The Bertz CT molecular complexity index is 1450. The fourth-order valence-corrected chi connectivity index (χ4v) is 4.26. The van der Waals surface area contributed by atoms with Gasteiger partial charge in [0.1, 0.15) is 28.4 Å². The van der Waals surface area contributed by atoms with Gasteiger partial charge in [-0.25, -0.2) is 19.0 Å². The minimum atomic E-state index is -0.759. The second-order valence-corrected chi connectivity index (χ2v) is 8.12. The monoisotopic (exact) mass is 480 g/mol. The minimum Gasteiger partial charge on any atom is -0.462 e. The van der Waals surface area contributed by atoms with Crippen molar-refractivity contribution in [3.8, 4) is 17.3 Å². The van der Waals surface area contributed by atoms with E-state index in [-0.39, 0.29) is 45.5 Å². The normalized spacial score (nSPS) is 10.8. The summed E-state index contributed by atoms with van der Waals surface area (Å²) in [6.45, 7) is 3.04. The van der Waals surface area contributed by atoms with Crippen molar-refractivity contribution in [2.24, 2.45) is 0 Å². The number of benzene rings is 1. The number of halogens is 1. The first-order valence-corrected chi connectivity index (χ1v) is 10.8. The van der Waals surface area contributed by atoms with Gasteiger partial charge in [-0.15, -0.1) is 11.3 Å². The van der Waals surface area contributed by atoms with E-state index in [0.717, 1.165) is 11.3 Å². The molecule has 34 heavy (non-hydrogen) atoms. The van der Waals surface area contributed by atoms with E-state index in [1.54, 1.807) is 13.8 Å². The van der Waals surface area contributed by atoms with Crippen molar-refractivity contribution in [1.82, 2.24) is 10.1 Å². The highest BCUT2D eigenvalue weighted by Gasteiger charge is 2.26. The zero-order valence-corrected chi connectivity index (χ0v) is 18.9. The Hall–Kier alpha value is -4.30. The number of ether oxygens (including phenoxy) is 2. The standard InChI is InChI=1S/C23H17FN4O5S/c1-3-31-23(30)19-16(15(9-25)20(26)34-19)10-32-22(29)14-8-17(12-4-6-13(24)7-5-12)27-21-18(14)11(2)28-33-21/h4-8H,3,10,26H2,1-2H3. The van der Waals surface area contributed by atoms with Gasteiger partial charge in [0.25, 0.3) is 5.71 Å². The molecule has 0 fully saturated rings. The molecule has 4 rings (SSSR count). The Morgan fingerprint density at radius 1 is 1.24 bits per heavy atom. The third kappa shape index (κ3) is 4.18. The van der Waals surface area contributed by atoms with E-state index in [1.807, 2.05) is 6.07 Å². The number of rotatable bonds is 6. The van der Waals surface area contributed by atoms with Crippen LogP contribution in [0.3, 0.4) is 0 Å². The molecule has 0 spiro atoms. The Kier molecular flexibility index (Phi) is 6.25.